The minimum atomic E-state index is -2.01. The lowest BCUT2D eigenvalue weighted by Gasteiger charge is -2.20. The normalized spacial score (nSPS) is 14.3. The number of carbonyl (C=O) groups is 1. The number of alkyl halides is 3. The first kappa shape index (κ1) is 17.1. The second-order valence-corrected chi connectivity index (χ2v) is 6.46. The van der Waals surface area contributed by atoms with Crippen molar-refractivity contribution in [2.75, 3.05) is 0 Å². The van der Waals surface area contributed by atoms with E-state index in [0.29, 0.717) is 0 Å². The van der Waals surface area contributed by atoms with Crippen LogP contribution >= 0.6 is 34.8 Å². The fourth-order valence-corrected chi connectivity index (χ4v) is 1.27. The Morgan fingerprint density at radius 3 is 2.35 bits per heavy atom. The van der Waals surface area contributed by atoms with Gasteiger partial charge in [-0.1, -0.05) is 74.5 Å². The summed E-state index contributed by atoms with van der Waals surface area (Å²) in [6.07, 6.45) is 6.71. The number of carbonyl (C=O) groups excluding carboxylic acids is 1. The molecule has 17 heavy (non-hydrogen) atoms. The van der Waals surface area contributed by atoms with E-state index in [1.807, 2.05) is 26.0 Å². The lowest BCUT2D eigenvalue weighted by molar-refractivity contribution is -0.147. The third-order valence-corrected chi connectivity index (χ3v) is 2.64. The van der Waals surface area contributed by atoms with Crippen LogP contribution in [0.2, 0.25) is 0 Å². The second-order valence-electron chi connectivity index (χ2n) is 4.18. The highest BCUT2D eigenvalue weighted by Crippen LogP contribution is 2.28. The van der Waals surface area contributed by atoms with Gasteiger partial charge in [0.05, 0.1) is 0 Å². The highest BCUT2D eigenvalue weighted by molar-refractivity contribution is 6.75. The zero-order valence-corrected chi connectivity index (χ0v) is 12.6. The van der Waals surface area contributed by atoms with Crippen molar-refractivity contribution in [2.45, 2.75) is 49.9 Å². The molecule has 5 heteroatoms. The van der Waals surface area contributed by atoms with Crippen molar-refractivity contribution in [1.82, 2.24) is 0 Å². The first-order valence-electron chi connectivity index (χ1n) is 5.73. The van der Waals surface area contributed by atoms with Gasteiger partial charge < -0.3 is 4.74 Å². The first-order chi connectivity index (χ1) is 7.79. The van der Waals surface area contributed by atoms with Gasteiger partial charge in [-0.3, -0.25) is 0 Å². The number of halogens is 3. The number of ether oxygens (including phenoxy) is 1. The molecule has 0 rings (SSSR count). The molecule has 0 bridgehead atoms. The monoisotopic (exact) mass is 300 g/mol. The molecule has 0 fully saturated rings. The maximum atomic E-state index is 11.4. The van der Waals surface area contributed by atoms with Gasteiger partial charge in [-0.25, -0.2) is 4.79 Å². The van der Waals surface area contributed by atoms with Crippen LogP contribution in [0.25, 0.3) is 0 Å². The number of hydrogen-bond acceptors (Lipinski definition) is 2. The molecule has 0 saturated carbocycles. The standard InChI is InChI=1S/C12H19Cl3O2/c1-4-5-6-7-8-10(9(2)3)17-11(16)12(13,14)15/h7-10H,4-6H2,1-3H3/b8-7-/t10-/m0/s1. The van der Waals surface area contributed by atoms with E-state index in [9.17, 15) is 4.79 Å². The number of unbranched alkanes of at least 4 members (excludes halogenated alkanes) is 2. The molecule has 100 valence electrons. The molecule has 0 amide bonds. The second kappa shape index (κ2) is 8.23. The highest BCUT2D eigenvalue weighted by atomic mass is 35.6. The summed E-state index contributed by atoms with van der Waals surface area (Å²) in [6, 6.07) is 0. The van der Waals surface area contributed by atoms with Crippen LogP contribution in [0.3, 0.4) is 0 Å². The Kier molecular flexibility index (Phi) is 8.27. The summed E-state index contributed by atoms with van der Waals surface area (Å²) < 4.78 is 3.13. The minimum Gasteiger partial charge on any atom is -0.455 e. The molecule has 0 aliphatic heterocycles. The smallest absolute Gasteiger partial charge is 0.359 e. The van der Waals surface area contributed by atoms with Gasteiger partial charge in [0.25, 0.3) is 3.79 Å². The van der Waals surface area contributed by atoms with Crippen LogP contribution in [-0.2, 0) is 9.53 Å². The molecule has 0 unspecified atom stereocenters. The van der Waals surface area contributed by atoms with Crippen LogP contribution in [0.15, 0.2) is 12.2 Å². The van der Waals surface area contributed by atoms with E-state index in [0.717, 1.165) is 19.3 Å². The van der Waals surface area contributed by atoms with Gasteiger partial charge in [0, 0.05) is 0 Å². The molecule has 0 spiro atoms. The molecule has 0 aromatic carbocycles. The van der Waals surface area contributed by atoms with Gasteiger partial charge >= 0.3 is 5.97 Å². The Labute approximate surface area is 118 Å². The van der Waals surface area contributed by atoms with Crippen LogP contribution in [0.4, 0.5) is 0 Å². The van der Waals surface area contributed by atoms with Crippen molar-refractivity contribution in [3.05, 3.63) is 12.2 Å². The summed E-state index contributed by atoms with van der Waals surface area (Å²) in [4.78, 5) is 11.4. The summed E-state index contributed by atoms with van der Waals surface area (Å²) in [5.41, 5.74) is 0. The van der Waals surface area contributed by atoms with Crippen molar-refractivity contribution < 1.29 is 9.53 Å². The maximum absolute atomic E-state index is 11.4. The molecule has 0 N–H and O–H groups in total. The predicted molar refractivity (Wildman–Crippen MR) is 73.7 cm³/mol. The summed E-state index contributed by atoms with van der Waals surface area (Å²) in [5, 5.41) is 0. The Morgan fingerprint density at radius 2 is 1.94 bits per heavy atom. The average molecular weight is 302 g/mol. The summed E-state index contributed by atoms with van der Waals surface area (Å²) in [7, 11) is 0. The third-order valence-electron chi connectivity index (χ3n) is 2.18. The van der Waals surface area contributed by atoms with E-state index >= 15 is 0 Å². The van der Waals surface area contributed by atoms with Gasteiger partial charge in [0.15, 0.2) is 0 Å². The fraction of sp³-hybridized carbons (Fsp3) is 0.750. The van der Waals surface area contributed by atoms with E-state index in [-0.39, 0.29) is 12.0 Å². The fourth-order valence-electron chi connectivity index (χ4n) is 1.14. The van der Waals surface area contributed by atoms with Gasteiger partial charge in [0.2, 0.25) is 0 Å². The van der Waals surface area contributed by atoms with Crippen LogP contribution in [0, 0.1) is 5.92 Å². The van der Waals surface area contributed by atoms with Crippen molar-refractivity contribution in [3.63, 3.8) is 0 Å². The number of rotatable bonds is 6. The Bertz CT molecular complexity index is 257. The molecule has 2 nitrogen and oxygen atoms in total. The Hall–Kier alpha value is 0.0800. The average Bonchev–Trinajstić information content (AvgIpc) is 2.20. The number of hydrogen-bond donors (Lipinski definition) is 0. The topological polar surface area (TPSA) is 26.3 Å². The van der Waals surface area contributed by atoms with E-state index < -0.39 is 9.76 Å². The maximum Gasteiger partial charge on any atom is 0.359 e. The lowest BCUT2D eigenvalue weighted by Crippen LogP contribution is -2.29. The summed E-state index contributed by atoms with van der Waals surface area (Å²) >= 11 is 16.3. The third kappa shape index (κ3) is 7.91. The molecular formula is C12H19Cl3O2. The molecule has 1 atom stereocenters. The first-order valence-corrected chi connectivity index (χ1v) is 6.86. The van der Waals surface area contributed by atoms with Crippen molar-refractivity contribution >= 4 is 40.8 Å². The van der Waals surface area contributed by atoms with Gasteiger partial charge in [-0.05, 0) is 18.4 Å². The number of esters is 1. The predicted octanol–water partition coefficient (Wildman–Crippen LogP) is 4.67. The van der Waals surface area contributed by atoms with Crippen LogP contribution in [0.1, 0.15) is 40.0 Å². The largest absolute Gasteiger partial charge is 0.455 e. The summed E-state index contributed by atoms with van der Waals surface area (Å²) in [5.74, 6) is -0.689. The van der Waals surface area contributed by atoms with Gasteiger partial charge in [-0.2, -0.15) is 0 Å². The highest BCUT2D eigenvalue weighted by Gasteiger charge is 2.34. The zero-order valence-electron chi connectivity index (χ0n) is 10.4. The molecule has 0 aliphatic rings. The van der Waals surface area contributed by atoms with Gasteiger partial charge in [0.1, 0.15) is 6.10 Å². The molecule has 0 aliphatic carbocycles. The van der Waals surface area contributed by atoms with E-state index in [2.05, 4.69) is 6.92 Å². The van der Waals surface area contributed by atoms with Crippen LogP contribution < -0.4 is 0 Å². The Morgan fingerprint density at radius 1 is 1.35 bits per heavy atom. The molecule has 0 aromatic rings. The zero-order chi connectivity index (χ0) is 13.5. The van der Waals surface area contributed by atoms with Gasteiger partial charge in [-0.15, -0.1) is 0 Å². The van der Waals surface area contributed by atoms with Crippen molar-refractivity contribution in [1.29, 1.82) is 0 Å². The quantitative estimate of drug-likeness (QED) is 0.308. The molecule has 0 radical (unpaired) electrons. The Balaban J connectivity index is 4.35. The lowest BCUT2D eigenvalue weighted by atomic mass is 10.1. The number of allylic oxidation sites excluding steroid dienone is 1. The molecule has 0 aromatic heterocycles. The van der Waals surface area contributed by atoms with Crippen molar-refractivity contribution in [2.24, 2.45) is 5.92 Å². The van der Waals surface area contributed by atoms with E-state index in [4.69, 9.17) is 39.5 Å². The molecule has 0 saturated heterocycles. The van der Waals surface area contributed by atoms with Crippen molar-refractivity contribution in [3.8, 4) is 0 Å². The van der Waals surface area contributed by atoms with E-state index in [1.165, 1.54) is 0 Å². The molecular weight excluding hydrogens is 282 g/mol. The minimum absolute atomic E-state index is 0.143. The van der Waals surface area contributed by atoms with E-state index in [1.54, 1.807) is 0 Å². The SMILES string of the molecule is CCCC/C=C\[C@H](OC(=O)C(Cl)(Cl)Cl)C(C)C. The summed E-state index contributed by atoms with van der Waals surface area (Å²) in [6.45, 7) is 6.01. The molecule has 0 heterocycles. The van der Waals surface area contributed by atoms with Crippen LogP contribution in [0.5, 0.6) is 0 Å². The van der Waals surface area contributed by atoms with Crippen LogP contribution in [-0.4, -0.2) is 15.9 Å².